The highest BCUT2D eigenvalue weighted by Crippen LogP contribution is 2.31. The van der Waals surface area contributed by atoms with E-state index in [1.165, 1.54) is 6.07 Å². The largest absolute Gasteiger partial charge is 0.355 e. The van der Waals surface area contributed by atoms with Crippen LogP contribution >= 0.6 is 11.6 Å². The molecule has 0 atom stereocenters. The molecule has 0 bridgehead atoms. The minimum Gasteiger partial charge on any atom is -0.355 e. The Bertz CT molecular complexity index is 693. The van der Waals surface area contributed by atoms with Crippen molar-refractivity contribution >= 4 is 22.5 Å². The van der Waals surface area contributed by atoms with Gasteiger partial charge in [-0.15, -0.1) is 0 Å². The standard InChI is InChI=1S/C13H7ClFNO/c14-8-5-6-12-10(7-8)13(17-16-12)9-3-1-2-4-11(9)15/h1-7H. The lowest BCUT2D eigenvalue weighted by Crippen LogP contribution is -1.81. The fraction of sp³-hybridized carbons (Fsp3) is 0. The number of fused-ring (bicyclic) bond motifs is 1. The van der Waals surface area contributed by atoms with Crippen molar-refractivity contribution in [1.29, 1.82) is 0 Å². The van der Waals surface area contributed by atoms with Gasteiger partial charge in [-0.1, -0.05) is 28.9 Å². The molecule has 0 saturated heterocycles. The van der Waals surface area contributed by atoms with E-state index in [1.807, 2.05) is 0 Å². The maximum atomic E-state index is 13.7. The lowest BCUT2D eigenvalue weighted by molar-refractivity contribution is 0.438. The van der Waals surface area contributed by atoms with E-state index in [0.717, 1.165) is 0 Å². The van der Waals surface area contributed by atoms with Gasteiger partial charge in [0, 0.05) is 5.02 Å². The molecule has 0 saturated carbocycles. The Hall–Kier alpha value is -1.87. The Labute approximate surface area is 102 Å². The normalized spacial score (nSPS) is 10.9. The zero-order valence-corrected chi connectivity index (χ0v) is 9.41. The monoisotopic (exact) mass is 247 g/mol. The third-order valence-electron chi connectivity index (χ3n) is 2.56. The maximum absolute atomic E-state index is 13.7. The predicted octanol–water partition coefficient (Wildman–Crippen LogP) is 4.29. The average molecular weight is 248 g/mol. The van der Waals surface area contributed by atoms with E-state index >= 15 is 0 Å². The molecule has 3 rings (SSSR count). The van der Waals surface area contributed by atoms with Gasteiger partial charge in [-0.25, -0.2) is 4.39 Å². The molecular formula is C13H7ClFNO. The van der Waals surface area contributed by atoms with Crippen LogP contribution in [-0.4, -0.2) is 5.16 Å². The van der Waals surface area contributed by atoms with Crippen LogP contribution < -0.4 is 0 Å². The van der Waals surface area contributed by atoms with Crippen molar-refractivity contribution in [2.24, 2.45) is 0 Å². The molecule has 84 valence electrons. The second-order valence-electron chi connectivity index (χ2n) is 3.65. The minimum atomic E-state index is -0.342. The molecule has 17 heavy (non-hydrogen) atoms. The van der Waals surface area contributed by atoms with Gasteiger partial charge in [-0.2, -0.15) is 0 Å². The third kappa shape index (κ3) is 1.68. The topological polar surface area (TPSA) is 26.0 Å². The van der Waals surface area contributed by atoms with E-state index in [1.54, 1.807) is 36.4 Å². The zero-order chi connectivity index (χ0) is 11.8. The molecule has 0 aliphatic heterocycles. The molecule has 0 aliphatic carbocycles. The van der Waals surface area contributed by atoms with Gasteiger partial charge in [0.15, 0.2) is 5.76 Å². The summed E-state index contributed by atoms with van der Waals surface area (Å²) in [4.78, 5) is 0. The molecule has 2 aromatic carbocycles. The minimum absolute atomic E-state index is 0.342. The van der Waals surface area contributed by atoms with Crippen molar-refractivity contribution < 1.29 is 8.91 Å². The zero-order valence-electron chi connectivity index (χ0n) is 8.65. The Balaban J connectivity index is 2.31. The SMILES string of the molecule is Fc1ccccc1-c1onc2ccc(Cl)cc12. The van der Waals surface area contributed by atoms with Crippen molar-refractivity contribution in [3.05, 3.63) is 53.3 Å². The molecule has 0 aliphatic rings. The summed E-state index contributed by atoms with van der Waals surface area (Å²) in [6.45, 7) is 0. The molecule has 4 heteroatoms. The van der Waals surface area contributed by atoms with Crippen LogP contribution in [0.4, 0.5) is 4.39 Å². The van der Waals surface area contributed by atoms with Gasteiger partial charge in [-0.05, 0) is 30.3 Å². The van der Waals surface area contributed by atoms with Gasteiger partial charge in [0.2, 0.25) is 0 Å². The van der Waals surface area contributed by atoms with E-state index in [4.69, 9.17) is 16.1 Å². The van der Waals surface area contributed by atoms with Gasteiger partial charge in [-0.3, -0.25) is 0 Å². The fourth-order valence-corrected chi connectivity index (χ4v) is 1.93. The molecular weight excluding hydrogens is 241 g/mol. The van der Waals surface area contributed by atoms with Crippen LogP contribution in [0, 0.1) is 5.82 Å². The molecule has 0 radical (unpaired) electrons. The Kier molecular flexibility index (Phi) is 2.34. The van der Waals surface area contributed by atoms with Gasteiger partial charge in [0.1, 0.15) is 11.3 Å². The number of hydrogen-bond donors (Lipinski definition) is 0. The van der Waals surface area contributed by atoms with E-state index < -0.39 is 0 Å². The molecule has 3 aromatic rings. The summed E-state index contributed by atoms with van der Waals surface area (Å²) in [7, 11) is 0. The molecule has 0 spiro atoms. The van der Waals surface area contributed by atoms with Crippen LogP contribution in [-0.2, 0) is 0 Å². The second-order valence-corrected chi connectivity index (χ2v) is 4.09. The first kappa shape index (κ1) is 10.3. The summed E-state index contributed by atoms with van der Waals surface area (Å²) in [6.07, 6.45) is 0. The summed E-state index contributed by atoms with van der Waals surface area (Å²) >= 11 is 5.91. The molecule has 0 N–H and O–H groups in total. The lowest BCUT2D eigenvalue weighted by Gasteiger charge is -1.98. The first-order valence-electron chi connectivity index (χ1n) is 5.05. The van der Waals surface area contributed by atoms with E-state index in [9.17, 15) is 4.39 Å². The predicted molar refractivity (Wildman–Crippen MR) is 64.4 cm³/mol. The van der Waals surface area contributed by atoms with Crippen molar-refractivity contribution in [3.8, 4) is 11.3 Å². The summed E-state index contributed by atoms with van der Waals surface area (Å²) < 4.78 is 18.8. The number of rotatable bonds is 1. The van der Waals surface area contributed by atoms with Crippen LogP contribution in [0.1, 0.15) is 0 Å². The van der Waals surface area contributed by atoms with Crippen molar-refractivity contribution in [1.82, 2.24) is 5.16 Å². The van der Waals surface area contributed by atoms with Crippen molar-refractivity contribution in [3.63, 3.8) is 0 Å². The van der Waals surface area contributed by atoms with Crippen LogP contribution in [0.2, 0.25) is 5.02 Å². The fourth-order valence-electron chi connectivity index (χ4n) is 1.75. The Morgan fingerprint density at radius 2 is 1.94 bits per heavy atom. The van der Waals surface area contributed by atoms with Crippen molar-refractivity contribution in [2.45, 2.75) is 0 Å². The highest BCUT2D eigenvalue weighted by atomic mass is 35.5. The number of halogens is 2. The van der Waals surface area contributed by atoms with E-state index in [2.05, 4.69) is 5.16 Å². The molecule has 2 nitrogen and oxygen atoms in total. The van der Waals surface area contributed by atoms with Gasteiger partial charge in [0.25, 0.3) is 0 Å². The molecule has 1 heterocycles. The Morgan fingerprint density at radius 1 is 1.12 bits per heavy atom. The first-order chi connectivity index (χ1) is 8.25. The van der Waals surface area contributed by atoms with Crippen LogP contribution in [0.15, 0.2) is 47.0 Å². The number of aromatic nitrogens is 1. The summed E-state index contributed by atoms with van der Waals surface area (Å²) in [5, 5.41) is 5.16. The van der Waals surface area contributed by atoms with Gasteiger partial charge in [0.05, 0.1) is 10.9 Å². The highest BCUT2D eigenvalue weighted by Gasteiger charge is 2.14. The average Bonchev–Trinajstić information content (AvgIpc) is 2.72. The molecule has 1 aromatic heterocycles. The highest BCUT2D eigenvalue weighted by molar-refractivity contribution is 6.31. The van der Waals surface area contributed by atoms with Crippen molar-refractivity contribution in [2.75, 3.05) is 0 Å². The van der Waals surface area contributed by atoms with Crippen LogP contribution in [0.5, 0.6) is 0 Å². The van der Waals surface area contributed by atoms with Gasteiger partial charge < -0.3 is 4.52 Å². The maximum Gasteiger partial charge on any atom is 0.177 e. The summed E-state index contributed by atoms with van der Waals surface area (Å²) in [5.74, 6) is 0.0612. The molecule has 0 fully saturated rings. The Morgan fingerprint density at radius 3 is 2.76 bits per heavy atom. The molecule has 0 unspecified atom stereocenters. The quantitative estimate of drug-likeness (QED) is 0.641. The number of benzene rings is 2. The smallest absolute Gasteiger partial charge is 0.177 e. The first-order valence-corrected chi connectivity index (χ1v) is 5.43. The third-order valence-corrected chi connectivity index (χ3v) is 2.79. The van der Waals surface area contributed by atoms with E-state index in [-0.39, 0.29) is 5.82 Å². The lowest BCUT2D eigenvalue weighted by atomic mass is 10.1. The second kappa shape index (κ2) is 3.86. The molecule has 0 amide bonds. The summed E-state index contributed by atoms with van der Waals surface area (Å²) in [5.41, 5.74) is 1.05. The van der Waals surface area contributed by atoms with E-state index in [0.29, 0.717) is 27.2 Å². The van der Waals surface area contributed by atoms with Crippen LogP contribution in [0.3, 0.4) is 0 Å². The number of nitrogens with zero attached hydrogens (tertiary/aromatic N) is 1. The summed E-state index contributed by atoms with van der Waals surface area (Å²) in [6, 6.07) is 11.6. The van der Waals surface area contributed by atoms with Gasteiger partial charge >= 0.3 is 0 Å². The van der Waals surface area contributed by atoms with Crippen LogP contribution in [0.25, 0.3) is 22.2 Å². The number of hydrogen-bond acceptors (Lipinski definition) is 2.